The number of nitrogens with zero attached hydrogens (tertiary/aromatic N) is 3. The molecule has 3 rings (SSSR count). The minimum atomic E-state index is -0.498. The van der Waals surface area contributed by atoms with Gasteiger partial charge in [-0.25, -0.2) is 4.98 Å². The lowest BCUT2D eigenvalue weighted by atomic mass is 10.2. The largest absolute Gasteiger partial charge is 0.489 e. The van der Waals surface area contributed by atoms with Gasteiger partial charge in [-0.05, 0) is 76.2 Å². The summed E-state index contributed by atoms with van der Waals surface area (Å²) >= 11 is 2.27. The van der Waals surface area contributed by atoms with Gasteiger partial charge in [0.1, 0.15) is 24.4 Å². The first-order valence-electron chi connectivity index (χ1n) is 7.97. The lowest BCUT2D eigenvalue weighted by Gasteiger charge is -2.06. The highest BCUT2D eigenvalue weighted by Crippen LogP contribution is 2.15. The molecule has 0 amide bonds. The van der Waals surface area contributed by atoms with Crippen LogP contribution in [0.5, 0.6) is 5.75 Å². The van der Waals surface area contributed by atoms with E-state index in [0.717, 1.165) is 16.9 Å². The zero-order chi connectivity index (χ0) is 19.1. The molecule has 0 atom stereocenters. The van der Waals surface area contributed by atoms with E-state index in [2.05, 4.69) is 38.1 Å². The molecule has 7 nitrogen and oxygen atoms in total. The van der Waals surface area contributed by atoms with Crippen LogP contribution in [-0.2, 0) is 6.61 Å². The van der Waals surface area contributed by atoms with E-state index < -0.39 is 4.92 Å². The van der Waals surface area contributed by atoms with Crippen LogP contribution in [0.25, 0.3) is 0 Å². The number of hydrogen-bond acceptors (Lipinski definition) is 6. The summed E-state index contributed by atoms with van der Waals surface area (Å²) in [4.78, 5) is 14.0. The number of hydrazone groups is 1. The van der Waals surface area contributed by atoms with E-state index >= 15 is 0 Å². The van der Waals surface area contributed by atoms with Crippen LogP contribution in [0.1, 0.15) is 11.1 Å². The molecule has 0 spiro atoms. The van der Waals surface area contributed by atoms with E-state index in [1.54, 1.807) is 6.21 Å². The Hall–Kier alpha value is -3.01. The number of rotatable bonds is 7. The summed E-state index contributed by atoms with van der Waals surface area (Å²) in [6.07, 6.45) is 2.81. The summed E-state index contributed by atoms with van der Waals surface area (Å²) in [5.74, 6) is 1.20. The molecule has 0 fully saturated rings. The minimum Gasteiger partial charge on any atom is -0.489 e. The highest BCUT2D eigenvalue weighted by atomic mass is 127. The van der Waals surface area contributed by atoms with Gasteiger partial charge in [-0.15, -0.1) is 0 Å². The third-order valence-electron chi connectivity index (χ3n) is 3.55. The number of nitrogens with one attached hydrogen (secondary N) is 1. The van der Waals surface area contributed by atoms with Crippen molar-refractivity contribution in [3.8, 4) is 5.75 Å². The van der Waals surface area contributed by atoms with Crippen LogP contribution in [-0.4, -0.2) is 16.1 Å². The Bertz CT molecular complexity index is 927. The van der Waals surface area contributed by atoms with Crippen LogP contribution in [0, 0.1) is 13.7 Å². The normalized spacial score (nSPS) is 10.7. The van der Waals surface area contributed by atoms with Crippen LogP contribution in [0.15, 0.2) is 72.0 Å². The van der Waals surface area contributed by atoms with Gasteiger partial charge in [0.15, 0.2) is 0 Å². The lowest BCUT2D eigenvalue weighted by molar-refractivity contribution is -0.385. The van der Waals surface area contributed by atoms with E-state index in [0.29, 0.717) is 12.4 Å². The van der Waals surface area contributed by atoms with Crippen molar-refractivity contribution in [1.29, 1.82) is 0 Å². The summed E-state index contributed by atoms with van der Waals surface area (Å²) in [6, 6.07) is 18.6. The third kappa shape index (κ3) is 5.74. The fraction of sp³-hybridized carbons (Fsp3) is 0.0526. The monoisotopic (exact) mass is 474 g/mol. The molecule has 0 aliphatic heterocycles. The third-order valence-corrected chi connectivity index (χ3v) is 4.27. The molecule has 136 valence electrons. The van der Waals surface area contributed by atoms with Gasteiger partial charge in [0, 0.05) is 9.64 Å². The number of nitro groups is 1. The van der Waals surface area contributed by atoms with Crippen molar-refractivity contribution in [3.63, 3.8) is 0 Å². The van der Waals surface area contributed by atoms with Gasteiger partial charge in [0.05, 0.1) is 11.1 Å². The Balaban J connectivity index is 1.51. The van der Waals surface area contributed by atoms with Gasteiger partial charge in [0.2, 0.25) is 0 Å². The Morgan fingerprint density at radius 3 is 2.48 bits per heavy atom. The van der Waals surface area contributed by atoms with E-state index in [4.69, 9.17) is 4.74 Å². The maximum atomic E-state index is 10.6. The first-order chi connectivity index (χ1) is 13.1. The zero-order valence-electron chi connectivity index (χ0n) is 14.1. The van der Waals surface area contributed by atoms with Crippen molar-refractivity contribution >= 4 is 40.3 Å². The summed E-state index contributed by atoms with van der Waals surface area (Å²) in [7, 11) is 0. The first kappa shape index (κ1) is 18.8. The lowest BCUT2D eigenvalue weighted by Crippen LogP contribution is -1.96. The van der Waals surface area contributed by atoms with Crippen LogP contribution >= 0.6 is 22.6 Å². The minimum absolute atomic E-state index is 0.0645. The van der Waals surface area contributed by atoms with Crippen molar-refractivity contribution in [1.82, 2.24) is 4.98 Å². The van der Waals surface area contributed by atoms with Crippen molar-refractivity contribution in [2.45, 2.75) is 6.61 Å². The molecule has 0 unspecified atom stereocenters. The van der Waals surface area contributed by atoms with Crippen molar-refractivity contribution in [2.24, 2.45) is 5.10 Å². The van der Waals surface area contributed by atoms with Crippen LogP contribution in [0.3, 0.4) is 0 Å². The number of pyridine rings is 1. The fourth-order valence-corrected chi connectivity index (χ4v) is 2.49. The van der Waals surface area contributed by atoms with Gasteiger partial charge >= 0.3 is 0 Å². The summed E-state index contributed by atoms with van der Waals surface area (Å²) in [5.41, 5.74) is 4.66. The Labute approximate surface area is 169 Å². The molecule has 0 aliphatic carbocycles. The predicted octanol–water partition coefficient (Wildman–Crippen LogP) is 4.62. The molecule has 0 saturated carbocycles. The van der Waals surface area contributed by atoms with Gasteiger partial charge in [-0.1, -0.05) is 12.1 Å². The maximum absolute atomic E-state index is 10.6. The molecule has 0 radical (unpaired) electrons. The topological polar surface area (TPSA) is 89.7 Å². The number of ether oxygens (including phenoxy) is 1. The van der Waals surface area contributed by atoms with Gasteiger partial charge in [0.25, 0.3) is 5.69 Å². The maximum Gasteiger partial charge on any atom is 0.287 e. The fourth-order valence-electron chi connectivity index (χ4n) is 2.13. The molecule has 27 heavy (non-hydrogen) atoms. The van der Waals surface area contributed by atoms with Crippen LogP contribution in [0.4, 0.5) is 11.5 Å². The summed E-state index contributed by atoms with van der Waals surface area (Å²) in [6.45, 7) is 0.512. The molecule has 8 heteroatoms. The number of benzene rings is 2. The smallest absolute Gasteiger partial charge is 0.287 e. The average molecular weight is 474 g/mol. The average Bonchev–Trinajstić information content (AvgIpc) is 2.69. The molecular formula is C19H15IN4O3. The molecule has 2 aromatic carbocycles. The quantitative estimate of drug-likeness (QED) is 0.234. The van der Waals surface area contributed by atoms with E-state index in [1.807, 2.05) is 48.5 Å². The van der Waals surface area contributed by atoms with Crippen molar-refractivity contribution in [3.05, 3.63) is 91.7 Å². The first-order valence-corrected chi connectivity index (χ1v) is 9.05. The number of hydrogen-bond donors (Lipinski definition) is 1. The summed E-state index contributed by atoms with van der Waals surface area (Å²) in [5, 5.41) is 14.7. The highest BCUT2D eigenvalue weighted by molar-refractivity contribution is 14.1. The number of aromatic nitrogens is 1. The van der Waals surface area contributed by atoms with Gasteiger partial charge in [-0.3, -0.25) is 15.5 Å². The van der Waals surface area contributed by atoms with E-state index in [1.165, 1.54) is 21.9 Å². The zero-order valence-corrected chi connectivity index (χ0v) is 16.2. The SMILES string of the molecule is O=[N+]([O-])c1ccc(N/N=C/c2ccc(OCc3ccc(I)cc3)cc2)nc1. The van der Waals surface area contributed by atoms with Gasteiger partial charge in [-0.2, -0.15) is 5.10 Å². The Morgan fingerprint density at radius 2 is 1.85 bits per heavy atom. The van der Waals surface area contributed by atoms with Crippen molar-refractivity contribution in [2.75, 3.05) is 5.43 Å². The highest BCUT2D eigenvalue weighted by Gasteiger charge is 2.04. The second kappa shape index (κ2) is 9.08. The van der Waals surface area contributed by atoms with Gasteiger partial charge < -0.3 is 4.74 Å². The molecule has 1 N–H and O–H groups in total. The Morgan fingerprint density at radius 1 is 1.11 bits per heavy atom. The van der Waals surface area contributed by atoms with E-state index in [9.17, 15) is 10.1 Å². The second-order valence-electron chi connectivity index (χ2n) is 5.51. The standard InChI is InChI=1S/C19H15IN4O3/c20-16-5-1-15(2-6-16)13-27-18-8-3-14(4-9-18)11-22-23-19-10-7-17(12-21-19)24(25)26/h1-12H,13H2,(H,21,23)/b22-11+. The molecular weight excluding hydrogens is 459 g/mol. The van der Waals surface area contributed by atoms with Crippen molar-refractivity contribution < 1.29 is 9.66 Å². The van der Waals surface area contributed by atoms with Crippen LogP contribution < -0.4 is 10.2 Å². The number of halogens is 1. The molecule has 1 aromatic heterocycles. The Kier molecular flexibility index (Phi) is 6.31. The predicted molar refractivity (Wildman–Crippen MR) is 112 cm³/mol. The number of anilines is 1. The molecule has 0 aliphatic rings. The molecule has 0 bridgehead atoms. The molecule has 0 saturated heterocycles. The second-order valence-corrected chi connectivity index (χ2v) is 6.76. The molecule has 1 heterocycles. The molecule has 3 aromatic rings. The summed E-state index contributed by atoms with van der Waals surface area (Å²) < 4.78 is 6.96. The van der Waals surface area contributed by atoms with Crippen LogP contribution in [0.2, 0.25) is 0 Å². The van der Waals surface area contributed by atoms with E-state index in [-0.39, 0.29) is 5.69 Å².